The largest absolute Gasteiger partial charge is 0.485 e. The Morgan fingerprint density at radius 3 is 2.15 bits per heavy atom. The molecule has 0 aliphatic heterocycles. The van der Waals surface area contributed by atoms with Crippen molar-refractivity contribution in [3.8, 4) is 5.75 Å². The SMILES string of the molecule is CCC(CC(C)C)c1cccc2c(OC(C)c3ccccc3)cccc12. The van der Waals surface area contributed by atoms with Gasteiger partial charge in [-0.2, -0.15) is 0 Å². The van der Waals surface area contributed by atoms with Crippen LogP contribution in [0, 0.1) is 5.92 Å². The van der Waals surface area contributed by atoms with Crippen LogP contribution in [0.15, 0.2) is 66.7 Å². The van der Waals surface area contributed by atoms with Crippen molar-refractivity contribution in [2.24, 2.45) is 5.92 Å². The molecule has 0 amide bonds. The fraction of sp³-hybridized carbons (Fsp3) is 0.360. The van der Waals surface area contributed by atoms with Crippen molar-refractivity contribution in [2.75, 3.05) is 0 Å². The van der Waals surface area contributed by atoms with Crippen molar-refractivity contribution in [1.82, 2.24) is 0 Å². The average Bonchev–Trinajstić information content (AvgIpc) is 2.66. The molecule has 0 aliphatic carbocycles. The standard InChI is InChI=1S/C25H30O/c1-5-20(17-18(2)3)22-13-9-15-24-23(22)14-10-16-25(24)26-19(4)21-11-7-6-8-12-21/h6-16,18-20H,5,17H2,1-4H3. The molecule has 2 atom stereocenters. The maximum Gasteiger partial charge on any atom is 0.128 e. The lowest BCUT2D eigenvalue weighted by molar-refractivity contribution is 0.230. The van der Waals surface area contributed by atoms with Crippen molar-refractivity contribution < 1.29 is 4.74 Å². The van der Waals surface area contributed by atoms with E-state index >= 15 is 0 Å². The predicted molar refractivity (Wildman–Crippen MR) is 112 cm³/mol. The van der Waals surface area contributed by atoms with Gasteiger partial charge in [0.2, 0.25) is 0 Å². The van der Waals surface area contributed by atoms with Gasteiger partial charge in [0.15, 0.2) is 0 Å². The van der Waals surface area contributed by atoms with Crippen LogP contribution in [0.4, 0.5) is 0 Å². The highest BCUT2D eigenvalue weighted by Gasteiger charge is 2.16. The second-order valence-corrected chi connectivity index (χ2v) is 7.60. The fourth-order valence-corrected chi connectivity index (χ4v) is 3.83. The summed E-state index contributed by atoms with van der Waals surface area (Å²) >= 11 is 0. The second-order valence-electron chi connectivity index (χ2n) is 7.60. The van der Waals surface area contributed by atoms with Gasteiger partial charge in [0.05, 0.1) is 0 Å². The Morgan fingerprint density at radius 2 is 1.46 bits per heavy atom. The molecule has 0 bridgehead atoms. The first-order chi connectivity index (χ1) is 12.6. The molecule has 0 aliphatic rings. The summed E-state index contributed by atoms with van der Waals surface area (Å²) in [7, 11) is 0. The molecule has 2 unspecified atom stereocenters. The number of fused-ring (bicyclic) bond motifs is 1. The Kier molecular flexibility index (Phi) is 5.98. The van der Waals surface area contributed by atoms with Crippen molar-refractivity contribution in [2.45, 2.75) is 52.6 Å². The molecule has 0 saturated carbocycles. The van der Waals surface area contributed by atoms with Gasteiger partial charge in [-0.1, -0.05) is 81.4 Å². The summed E-state index contributed by atoms with van der Waals surface area (Å²) in [6.45, 7) is 9.03. The highest BCUT2D eigenvalue weighted by molar-refractivity contribution is 5.91. The fourth-order valence-electron chi connectivity index (χ4n) is 3.83. The zero-order valence-corrected chi connectivity index (χ0v) is 16.4. The Balaban J connectivity index is 1.97. The lowest BCUT2D eigenvalue weighted by Crippen LogP contribution is -2.05. The van der Waals surface area contributed by atoms with Gasteiger partial charge in [-0.15, -0.1) is 0 Å². The summed E-state index contributed by atoms with van der Waals surface area (Å²) in [5, 5.41) is 2.55. The first kappa shape index (κ1) is 18.5. The van der Waals surface area contributed by atoms with Gasteiger partial charge in [-0.05, 0) is 54.2 Å². The molecule has 136 valence electrons. The molecule has 0 radical (unpaired) electrons. The first-order valence-electron chi connectivity index (χ1n) is 9.83. The summed E-state index contributed by atoms with van der Waals surface area (Å²) in [6, 6.07) is 23.5. The number of benzene rings is 3. The van der Waals surface area contributed by atoms with E-state index in [-0.39, 0.29) is 6.10 Å². The molecule has 0 saturated heterocycles. The minimum Gasteiger partial charge on any atom is -0.485 e. The van der Waals surface area contributed by atoms with Gasteiger partial charge in [0.1, 0.15) is 11.9 Å². The van der Waals surface area contributed by atoms with Crippen molar-refractivity contribution in [3.63, 3.8) is 0 Å². The summed E-state index contributed by atoms with van der Waals surface area (Å²) in [6.07, 6.45) is 2.42. The van der Waals surface area contributed by atoms with Crippen LogP contribution in [0.2, 0.25) is 0 Å². The normalized spacial score (nSPS) is 13.7. The third-order valence-corrected chi connectivity index (χ3v) is 5.18. The molecule has 1 heteroatoms. The van der Waals surface area contributed by atoms with Crippen LogP contribution in [0.3, 0.4) is 0 Å². The third-order valence-electron chi connectivity index (χ3n) is 5.18. The highest BCUT2D eigenvalue weighted by atomic mass is 16.5. The summed E-state index contributed by atoms with van der Waals surface area (Å²) in [4.78, 5) is 0. The Labute approximate surface area is 158 Å². The number of rotatable bonds is 7. The zero-order valence-electron chi connectivity index (χ0n) is 16.4. The van der Waals surface area contributed by atoms with E-state index in [2.05, 4.69) is 88.4 Å². The minimum atomic E-state index is 0.0306. The van der Waals surface area contributed by atoms with Crippen LogP contribution in [0.25, 0.3) is 10.8 Å². The van der Waals surface area contributed by atoms with E-state index in [4.69, 9.17) is 4.74 Å². The summed E-state index contributed by atoms with van der Waals surface area (Å²) in [5.41, 5.74) is 2.66. The molecular formula is C25H30O. The summed E-state index contributed by atoms with van der Waals surface area (Å²) < 4.78 is 6.36. The van der Waals surface area contributed by atoms with Crippen molar-refractivity contribution in [3.05, 3.63) is 77.9 Å². The van der Waals surface area contributed by atoms with Gasteiger partial charge in [0.25, 0.3) is 0 Å². The lowest BCUT2D eigenvalue weighted by atomic mass is 9.85. The zero-order chi connectivity index (χ0) is 18.5. The molecule has 26 heavy (non-hydrogen) atoms. The van der Waals surface area contributed by atoms with Gasteiger partial charge in [0, 0.05) is 5.39 Å². The third kappa shape index (κ3) is 4.09. The number of ether oxygens (including phenoxy) is 1. The van der Waals surface area contributed by atoms with E-state index in [1.54, 1.807) is 0 Å². The molecular weight excluding hydrogens is 316 g/mol. The first-order valence-corrected chi connectivity index (χ1v) is 9.83. The molecule has 1 nitrogen and oxygen atoms in total. The molecule has 0 heterocycles. The lowest BCUT2D eigenvalue weighted by Gasteiger charge is -2.21. The predicted octanol–water partition coefficient (Wildman–Crippen LogP) is 7.52. The maximum atomic E-state index is 6.36. The van der Waals surface area contributed by atoms with Crippen molar-refractivity contribution in [1.29, 1.82) is 0 Å². The topological polar surface area (TPSA) is 9.23 Å². The van der Waals surface area contributed by atoms with Gasteiger partial charge in [-0.3, -0.25) is 0 Å². The molecule has 0 spiro atoms. The van der Waals surface area contributed by atoms with E-state index in [0.29, 0.717) is 11.8 Å². The van der Waals surface area contributed by atoms with Crippen LogP contribution in [0.1, 0.15) is 63.7 Å². The molecule has 3 aromatic carbocycles. The number of hydrogen-bond donors (Lipinski definition) is 0. The van der Waals surface area contributed by atoms with E-state index < -0.39 is 0 Å². The van der Waals surface area contributed by atoms with Gasteiger partial charge < -0.3 is 4.74 Å². The number of hydrogen-bond acceptors (Lipinski definition) is 1. The highest BCUT2D eigenvalue weighted by Crippen LogP contribution is 2.36. The van der Waals surface area contributed by atoms with Crippen LogP contribution in [-0.2, 0) is 0 Å². The van der Waals surface area contributed by atoms with E-state index in [1.807, 2.05) is 6.07 Å². The minimum absolute atomic E-state index is 0.0306. The van der Waals surface area contributed by atoms with Gasteiger partial charge >= 0.3 is 0 Å². The Bertz CT molecular complexity index is 835. The van der Waals surface area contributed by atoms with Gasteiger partial charge in [-0.25, -0.2) is 0 Å². The smallest absolute Gasteiger partial charge is 0.128 e. The van der Waals surface area contributed by atoms with E-state index in [0.717, 1.165) is 5.75 Å². The van der Waals surface area contributed by atoms with Crippen LogP contribution in [0.5, 0.6) is 5.75 Å². The van der Waals surface area contributed by atoms with E-state index in [1.165, 1.54) is 34.7 Å². The molecule has 0 fully saturated rings. The van der Waals surface area contributed by atoms with Crippen molar-refractivity contribution >= 4 is 10.8 Å². The van der Waals surface area contributed by atoms with Crippen LogP contribution >= 0.6 is 0 Å². The quantitative estimate of drug-likeness (QED) is 0.430. The van der Waals surface area contributed by atoms with Crippen LogP contribution < -0.4 is 4.74 Å². The Hall–Kier alpha value is -2.28. The van der Waals surface area contributed by atoms with Crippen LogP contribution in [-0.4, -0.2) is 0 Å². The van der Waals surface area contributed by atoms with E-state index in [9.17, 15) is 0 Å². The average molecular weight is 347 g/mol. The monoisotopic (exact) mass is 346 g/mol. The molecule has 3 aromatic rings. The second kappa shape index (κ2) is 8.40. The summed E-state index contributed by atoms with van der Waals surface area (Å²) in [5.74, 6) is 2.27. The Morgan fingerprint density at radius 1 is 0.769 bits per heavy atom. The molecule has 3 rings (SSSR count). The molecule has 0 N–H and O–H groups in total. The molecule has 0 aromatic heterocycles. The maximum absolute atomic E-state index is 6.36.